The molecule has 5 heteroatoms. The summed E-state index contributed by atoms with van der Waals surface area (Å²) in [5.74, 6) is 1.94. The molecule has 290 valence electrons. The van der Waals surface area contributed by atoms with E-state index in [1.807, 2.05) is 40.9 Å². The molecule has 0 radical (unpaired) electrons. The van der Waals surface area contributed by atoms with Crippen LogP contribution in [0.1, 0.15) is 0 Å². The normalized spacial score (nSPS) is 11.5. The molecule has 0 amide bonds. The van der Waals surface area contributed by atoms with Gasteiger partial charge in [-0.1, -0.05) is 152 Å². The van der Waals surface area contributed by atoms with Crippen molar-refractivity contribution in [3.8, 4) is 78.7 Å². The van der Waals surface area contributed by atoms with Gasteiger partial charge < -0.3 is 0 Å². The van der Waals surface area contributed by atoms with E-state index in [0.29, 0.717) is 17.5 Å². The zero-order valence-corrected chi connectivity index (χ0v) is 35.0. The summed E-state index contributed by atoms with van der Waals surface area (Å²) >= 11 is 3.66. The minimum absolute atomic E-state index is 0.647. The van der Waals surface area contributed by atoms with Gasteiger partial charge in [-0.25, -0.2) is 15.0 Å². The Morgan fingerprint density at radius 1 is 0.226 bits per heavy atom. The van der Waals surface area contributed by atoms with Gasteiger partial charge >= 0.3 is 0 Å². The number of fused-ring (bicyclic) bond motifs is 6. The van der Waals surface area contributed by atoms with E-state index in [1.54, 1.807) is 0 Å². The Bertz CT molecular complexity index is 3380. The van der Waals surface area contributed by atoms with Gasteiger partial charge in [0.15, 0.2) is 17.5 Å². The van der Waals surface area contributed by atoms with Crippen LogP contribution in [0.25, 0.3) is 119 Å². The third-order valence-electron chi connectivity index (χ3n) is 11.7. The number of hydrogen-bond acceptors (Lipinski definition) is 5. The van der Waals surface area contributed by atoms with Crippen molar-refractivity contribution in [2.75, 3.05) is 0 Å². The average Bonchev–Trinajstić information content (AvgIpc) is 3.91. The fourth-order valence-electron chi connectivity index (χ4n) is 8.70. The van der Waals surface area contributed by atoms with Gasteiger partial charge in [0.25, 0.3) is 0 Å². The molecule has 0 N–H and O–H groups in total. The van der Waals surface area contributed by atoms with Crippen LogP contribution < -0.4 is 0 Å². The van der Waals surface area contributed by atoms with Crippen LogP contribution in [0.3, 0.4) is 0 Å². The molecular formula is C57H35N3S2. The lowest BCUT2D eigenvalue weighted by atomic mass is 9.93. The summed E-state index contributed by atoms with van der Waals surface area (Å²) in [5.41, 5.74) is 12.6. The summed E-state index contributed by atoms with van der Waals surface area (Å²) in [6, 6.07) is 75.8. The second kappa shape index (κ2) is 15.2. The van der Waals surface area contributed by atoms with Crippen LogP contribution in [0.2, 0.25) is 0 Å². The Balaban J connectivity index is 1.02. The highest BCUT2D eigenvalue weighted by Gasteiger charge is 2.19. The maximum absolute atomic E-state index is 5.26. The zero-order chi connectivity index (χ0) is 41.0. The molecular weight excluding hydrogens is 791 g/mol. The maximum Gasteiger partial charge on any atom is 0.164 e. The predicted molar refractivity (Wildman–Crippen MR) is 264 cm³/mol. The third kappa shape index (κ3) is 6.47. The van der Waals surface area contributed by atoms with Gasteiger partial charge in [0.05, 0.1) is 0 Å². The monoisotopic (exact) mass is 825 g/mol. The van der Waals surface area contributed by atoms with Gasteiger partial charge in [0.2, 0.25) is 0 Å². The number of aromatic nitrogens is 3. The van der Waals surface area contributed by atoms with E-state index in [4.69, 9.17) is 15.0 Å². The molecule has 62 heavy (non-hydrogen) atoms. The lowest BCUT2D eigenvalue weighted by Gasteiger charge is -2.12. The number of nitrogens with zero attached hydrogens (tertiary/aromatic N) is 3. The smallest absolute Gasteiger partial charge is 0.164 e. The SMILES string of the molecule is c1ccc(-c2nc(-c3ccc4sc5cc(-c6ccccc6)c(-c6ccccc6)cc5c4c3)nc(-c3ccc4sc5cc(-c6ccccc6)c(-c6ccccc6)cc5c4c3)n2)cc1. The van der Waals surface area contributed by atoms with Crippen LogP contribution in [0.5, 0.6) is 0 Å². The Hall–Kier alpha value is -7.57. The lowest BCUT2D eigenvalue weighted by Crippen LogP contribution is -2.00. The van der Waals surface area contributed by atoms with E-state index < -0.39 is 0 Å². The molecule has 3 nitrogen and oxygen atoms in total. The number of hydrogen-bond donors (Lipinski definition) is 0. The molecule has 9 aromatic carbocycles. The number of thiophene rings is 2. The first kappa shape index (κ1) is 36.3. The molecule has 0 saturated carbocycles. The van der Waals surface area contributed by atoms with Crippen molar-refractivity contribution in [1.82, 2.24) is 15.0 Å². The van der Waals surface area contributed by atoms with Gasteiger partial charge in [-0.15, -0.1) is 22.7 Å². The molecule has 0 aliphatic carbocycles. The summed E-state index contributed by atoms with van der Waals surface area (Å²) < 4.78 is 4.95. The van der Waals surface area contributed by atoms with E-state index in [-0.39, 0.29) is 0 Å². The van der Waals surface area contributed by atoms with Crippen LogP contribution in [0.4, 0.5) is 0 Å². The summed E-state index contributed by atoms with van der Waals surface area (Å²) in [4.78, 5) is 15.6. The average molecular weight is 826 g/mol. The molecule has 12 aromatic rings. The van der Waals surface area contributed by atoms with E-state index in [0.717, 1.165) is 16.7 Å². The highest BCUT2D eigenvalue weighted by atomic mass is 32.1. The van der Waals surface area contributed by atoms with Crippen LogP contribution in [0.15, 0.2) is 212 Å². The highest BCUT2D eigenvalue weighted by molar-refractivity contribution is 7.26. The molecule has 0 bridgehead atoms. The van der Waals surface area contributed by atoms with E-state index in [1.165, 1.54) is 84.9 Å². The fourth-order valence-corrected chi connectivity index (χ4v) is 10.9. The highest BCUT2D eigenvalue weighted by Crippen LogP contribution is 2.45. The molecule has 0 aliphatic heterocycles. The van der Waals surface area contributed by atoms with E-state index in [9.17, 15) is 0 Å². The first-order valence-corrected chi connectivity index (χ1v) is 22.4. The molecule has 0 spiro atoms. The second-order valence-corrected chi connectivity index (χ2v) is 17.7. The Morgan fingerprint density at radius 2 is 0.516 bits per heavy atom. The summed E-state index contributed by atoms with van der Waals surface area (Å²) in [6.07, 6.45) is 0. The Labute approximate surface area is 366 Å². The minimum Gasteiger partial charge on any atom is -0.208 e. The number of benzene rings is 9. The van der Waals surface area contributed by atoms with Gasteiger partial charge in [-0.3, -0.25) is 0 Å². The van der Waals surface area contributed by atoms with Gasteiger partial charge in [0.1, 0.15) is 0 Å². The lowest BCUT2D eigenvalue weighted by molar-refractivity contribution is 1.08. The quantitative estimate of drug-likeness (QED) is 0.161. The fraction of sp³-hybridized carbons (Fsp3) is 0. The van der Waals surface area contributed by atoms with Crippen molar-refractivity contribution in [2.24, 2.45) is 0 Å². The summed E-state index contributed by atoms with van der Waals surface area (Å²) in [5, 5.41) is 4.83. The largest absolute Gasteiger partial charge is 0.208 e. The molecule has 0 unspecified atom stereocenters. The molecule has 3 aromatic heterocycles. The van der Waals surface area contributed by atoms with Crippen molar-refractivity contribution in [1.29, 1.82) is 0 Å². The second-order valence-electron chi connectivity index (χ2n) is 15.6. The first-order chi connectivity index (χ1) is 30.7. The van der Waals surface area contributed by atoms with Crippen LogP contribution in [-0.4, -0.2) is 15.0 Å². The molecule has 12 rings (SSSR count). The molecule has 0 atom stereocenters. The van der Waals surface area contributed by atoms with Crippen LogP contribution in [-0.2, 0) is 0 Å². The summed E-state index contributed by atoms with van der Waals surface area (Å²) in [6.45, 7) is 0. The summed E-state index contributed by atoms with van der Waals surface area (Å²) in [7, 11) is 0. The van der Waals surface area contributed by atoms with E-state index in [2.05, 4.69) is 194 Å². The van der Waals surface area contributed by atoms with Gasteiger partial charge in [-0.05, 0) is 105 Å². The molecule has 3 heterocycles. The first-order valence-electron chi connectivity index (χ1n) is 20.7. The van der Waals surface area contributed by atoms with Crippen molar-refractivity contribution < 1.29 is 0 Å². The topological polar surface area (TPSA) is 38.7 Å². The Morgan fingerprint density at radius 3 is 0.871 bits per heavy atom. The maximum atomic E-state index is 5.26. The Kier molecular flexibility index (Phi) is 8.87. The van der Waals surface area contributed by atoms with Crippen LogP contribution >= 0.6 is 22.7 Å². The van der Waals surface area contributed by atoms with E-state index >= 15 is 0 Å². The minimum atomic E-state index is 0.647. The van der Waals surface area contributed by atoms with Gasteiger partial charge in [-0.2, -0.15) is 0 Å². The van der Waals surface area contributed by atoms with Crippen molar-refractivity contribution >= 4 is 63.0 Å². The zero-order valence-electron chi connectivity index (χ0n) is 33.4. The standard InChI is InChI=1S/C57H35N3S2/c1-6-16-36(17-7-1)43-32-49-47-30-41(26-28-51(47)61-53(49)34-45(43)38-20-10-3-11-21-38)56-58-55(40-24-14-5-15-25-40)59-57(60-56)42-27-29-52-48(31-42)50-33-44(37-18-8-2-9-19-37)46(35-54(50)62-52)39-22-12-4-13-23-39/h1-35H. The third-order valence-corrected chi connectivity index (χ3v) is 14.0. The van der Waals surface area contributed by atoms with Gasteiger partial charge in [0, 0.05) is 57.0 Å². The number of rotatable bonds is 7. The van der Waals surface area contributed by atoms with Crippen molar-refractivity contribution in [2.45, 2.75) is 0 Å². The van der Waals surface area contributed by atoms with Crippen molar-refractivity contribution in [3.05, 3.63) is 212 Å². The van der Waals surface area contributed by atoms with Crippen molar-refractivity contribution in [3.63, 3.8) is 0 Å². The molecule has 0 aliphatic rings. The van der Waals surface area contributed by atoms with Crippen LogP contribution in [0, 0.1) is 0 Å². The molecule has 0 fully saturated rings. The molecule has 0 saturated heterocycles. The predicted octanol–water partition coefficient (Wildman–Crippen LogP) is 16.3.